The quantitative estimate of drug-likeness (QED) is 0.322. The Balaban J connectivity index is 1.65. The van der Waals surface area contributed by atoms with Gasteiger partial charge in [0.25, 0.3) is 12.3 Å². The van der Waals surface area contributed by atoms with Crippen molar-refractivity contribution < 1.29 is 26.7 Å². The van der Waals surface area contributed by atoms with Gasteiger partial charge in [-0.1, -0.05) is 5.21 Å². The number of nitrogens with zero attached hydrogens (tertiary/aromatic N) is 7. The van der Waals surface area contributed by atoms with E-state index in [1.807, 2.05) is 0 Å². The van der Waals surface area contributed by atoms with Gasteiger partial charge in [0, 0.05) is 6.20 Å². The zero-order valence-electron chi connectivity index (χ0n) is 18.0. The van der Waals surface area contributed by atoms with Gasteiger partial charge in [-0.2, -0.15) is 13.2 Å². The Bertz CT molecular complexity index is 1540. The molecule has 186 valence electrons. The van der Waals surface area contributed by atoms with Gasteiger partial charge in [0.1, 0.15) is 22.6 Å². The molecule has 0 spiro atoms. The monoisotopic (exact) mass is 523 g/mol. The lowest BCUT2D eigenvalue weighted by Crippen LogP contribution is -2.28. The molecule has 0 aliphatic carbocycles. The van der Waals surface area contributed by atoms with Crippen molar-refractivity contribution in [2.45, 2.75) is 25.6 Å². The molecule has 10 nitrogen and oxygen atoms in total. The second kappa shape index (κ2) is 8.78. The summed E-state index contributed by atoms with van der Waals surface area (Å²) in [6, 6.07) is 2.92. The smallest absolute Gasteiger partial charge is 0.342 e. The molecule has 1 atom stereocenters. The number of carbonyl (C=O) groups is 1. The molecule has 36 heavy (non-hydrogen) atoms. The van der Waals surface area contributed by atoms with Crippen LogP contribution in [0.1, 0.15) is 46.1 Å². The number of hydrogen-bond acceptors (Lipinski definition) is 7. The highest BCUT2D eigenvalue weighted by Crippen LogP contribution is 2.39. The van der Waals surface area contributed by atoms with Gasteiger partial charge in [-0.25, -0.2) is 18.4 Å². The van der Waals surface area contributed by atoms with E-state index in [1.54, 1.807) is 6.92 Å². The molecule has 0 bridgehead atoms. The minimum atomic E-state index is -4.54. The highest BCUT2D eigenvalue weighted by molar-refractivity contribution is 7.15. The van der Waals surface area contributed by atoms with E-state index in [0.717, 1.165) is 16.9 Å². The summed E-state index contributed by atoms with van der Waals surface area (Å²) >= 11 is 0.486. The molecule has 16 heteroatoms. The molecule has 0 fully saturated rings. The number of alkyl halides is 5. The van der Waals surface area contributed by atoms with E-state index in [9.17, 15) is 26.7 Å². The van der Waals surface area contributed by atoms with Crippen LogP contribution in [0.15, 0.2) is 43.1 Å². The number of imidazole rings is 1. The number of aromatic nitrogens is 8. The molecule has 5 aromatic heterocycles. The van der Waals surface area contributed by atoms with Crippen molar-refractivity contribution in [1.29, 1.82) is 0 Å². The largest absolute Gasteiger partial charge is 0.425 e. The van der Waals surface area contributed by atoms with Gasteiger partial charge in [0.15, 0.2) is 11.5 Å². The normalized spacial score (nSPS) is 13.0. The Hall–Kier alpha value is -4.21. The first kappa shape index (κ1) is 23.5. The van der Waals surface area contributed by atoms with Crippen LogP contribution in [-0.2, 0) is 6.18 Å². The fourth-order valence-corrected chi connectivity index (χ4v) is 4.39. The fourth-order valence-electron chi connectivity index (χ4n) is 3.51. The summed E-state index contributed by atoms with van der Waals surface area (Å²) in [5.74, 6) is -0.231. The number of hydrogen-bond donors (Lipinski definition) is 2. The van der Waals surface area contributed by atoms with Crippen LogP contribution in [0.25, 0.3) is 21.9 Å². The first-order valence-electron chi connectivity index (χ1n) is 10.2. The molecule has 0 aliphatic rings. The van der Waals surface area contributed by atoms with Gasteiger partial charge in [0.05, 0.1) is 34.6 Å². The number of fused-ring (bicyclic) bond motifs is 1. The van der Waals surface area contributed by atoms with Crippen molar-refractivity contribution in [1.82, 2.24) is 44.9 Å². The highest BCUT2D eigenvalue weighted by Gasteiger charge is 2.33. The summed E-state index contributed by atoms with van der Waals surface area (Å²) in [6.45, 7) is 1.65. The van der Waals surface area contributed by atoms with E-state index in [4.69, 9.17) is 0 Å². The number of carbonyl (C=O) groups excluding carboxylic acids is 1. The van der Waals surface area contributed by atoms with Crippen molar-refractivity contribution in [3.05, 3.63) is 65.1 Å². The van der Waals surface area contributed by atoms with Crippen molar-refractivity contribution in [2.24, 2.45) is 0 Å². The number of H-pyrrole nitrogens is 1. The maximum atomic E-state index is 13.6. The fraction of sp³-hybridized carbons (Fsp3) is 0.200. The van der Waals surface area contributed by atoms with Crippen molar-refractivity contribution in [3.63, 3.8) is 0 Å². The molecule has 5 aromatic rings. The number of thiophene rings is 1. The third-order valence-corrected chi connectivity index (χ3v) is 6.36. The van der Waals surface area contributed by atoms with Gasteiger partial charge >= 0.3 is 6.18 Å². The molecule has 0 saturated heterocycles. The van der Waals surface area contributed by atoms with E-state index in [-0.39, 0.29) is 27.5 Å². The molecule has 0 aromatic carbocycles. The van der Waals surface area contributed by atoms with Gasteiger partial charge < -0.3 is 10.3 Å². The standard InChI is InChI=1S/C20H14F5N9OS/c1-9(17-27-8-29-31-17)30-19(35)10-4-11(34-13(16(21)22)6-28-32-34)18-26-5-12(33(18)7-10)14-2-3-15(36-14)20(23,24)25/h2-9,16H,1H3,(H,30,35)(H,27,29,31). The Morgan fingerprint density at radius 3 is 2.67 bits per heavy atom. The topological polar surface area (TPSA) is 119 Å². The van der Waals surface area contributed by atoms with Crippen molar-refractivity contribution >= 4 is 22.9 Å². The van der Waals surface area contributed by atoms with Crippen LogP contribution < -0.4 is 5.32 Å². The van der Waals surface area contributed by atoms with Crippen LogP contribution in [0.5, 0.6) is 0 Å². The summed E-state index contributed by atoms with van der Waals surface area (Å²) in [7, 11) is 0. The highest BCUT2D eigenvalue weighted by atomic mass is 32.1. The van der Waals surface area contributed by atoms with Crippen LogP contribution in [-0.4, -0.2) is 45.5 Å². The zero-order valence-corrected chi connectivity index (χ0v) is 18.8. The van der Waals surface area contributed by atoms with E-state index in [0.29, 0.717) is 17.2 Å². The van der Waals surface area contributed by atoms with E-state index < -0.39 is 35.1 Å². The first-order valence-corrected chi connectivity index (χ1v) is 11.0. The van der Waals surface area contributed by atoms with Crippen LogP contribution >= 0.6 is 11.3 Å². The summed E-state index contributed by atoms with van der Waals surface area (Å²) in [4.78, 5) is 19.5. The van der Waals surface area contributed by atoms with Crippen LogP contribution in [0, 0.1) is 0 Å². The number of amides is 1. The van der Waals surface area contributed by atoms with Crippen LogP contribution in [0.3, 0.4) is 0 Å². The number of pyridine rings is 1. The first-order chi connectivity index (χ1) is 17.1. The molecule has 1 unspecified atom stereocenters. The molecule has 2 N–H and O–H groups in total. The zero-order chi connectivity index (χ0) is 25.6. The number of nitrogens with one attached hydrogen (secondary N) is 2. The molecule has 0 radical (unpaired) electrons. The Labute approximate surface area is 201 Å². The van der Waals surface area contributed by atoms with Gasteiger partial charge in [-0.3, -0.25) is 9.20 Å². The Morgan fingerprint density at radius 1 is 1.19 bits per heavy atom. The second-order valence-electron chi connectivity index (χ2n) is 7.55. The van der Waals surface area contributed by atoms with Gasteiger partial charge in [0.2, 0.25) is 0 Å². The third kappa shape index (κ3) is 4.19. The lowest BCUT2D eigenvalue weighted by Gasteiger charge is -2.14. The van der Waals surface area contributed by atoms with E-state index >= 15 is 0 Å². The summed E-state index contributed by atoms with van der Waals surface area (Å²) in [5, 5.41) is 17.4. The second-order valence-corrected chi connectivity index (χ2v) is 8.64. The molecule has 0 aliphatic heterocycles. The Morgan fingerprint density at radius 2 is 2.00 bits per heavy atom. The summed E-state index contributed by atoms with van der Waals surface area (Å²) < 4.78 is 68.9. The van der Waals surface area contributed by atoms with Gasteiger partial charge in [-0.05, 0) is 25.1 Å². The Kier molecular flexibility index (Phi) is 5.74. The van der Waals surface area contributed by atoms with E-state index in [1.165, 1.54) is 35.3 Å². The lowest BCUT2D eigenvalue weighted by atomic mass is 10.2. The maximum Gasteiger partial charge on any atom is 0.425 e. The number of rotatable bonds is 6. The number of halogens is 5. The van der Waals surface area contributed by atoms with Crippen molar-refractivity contribution in [2.75, 3.05) is 0 Å². The predicted molar refractivity (Wildman–Crippen MR) is 116 cm³/mol. The average molecular weight is 523 g/mol. The molecule has 5 heterocycles. The minimum Gasteiger partial charge on any atom is -0.342 e. The van der Waals surface area contributed by atoms with Crippen LogP contribution in [0.4, 0.5) is 22.0 Å². The molecule has 1 amide bonds. The minimum absolute atomic E-state index is 0.00596. The SMILES string of the molecule is CC(NC(=O)c1cc(-n2nncc2C(F)F)c2ncc(-c3ccc(C(F)(F)F)s3)n2c1)c1nnc[nH]1. The van der Waals surface area contributed by atoms with Crippen LogP contribution in [0.2, 0.25) is 0 Å². The number of aromatic amines is 1. The summed E-state index contributed by atoms with van der Waals surface area (Å²) in [5.41, 5.74) is -0.250. The lowest BCUT2D eigenvalue weighted by molar-refractivity contribution is -0.134. The van der Waals surface area contributed by atoms with E-state index in [2.05, 4.69) is 35.8 Å². The molecule has 5 rings (SSSR count). The van der Waals surface area contributed by atoms with Crippen molar-refractivity contribution in [3.8, 4) is 16.3 Å². The maximum absolute atomic E-state index is 13.6. The van der Waals surface area contributed by atoms with Gasteiger partial charge in [-0.15, -0.1) is 26.6 Å². The average Bonchev–Trinajstić information content (AvgIpc) is 3.62. The third-order valence-electron chi connectivity index (χ3n) is 5.21. The molecular weight excluding hydrogens is 509 g/mol. The summed E-state index contributed by atoms with van der Waals surface area (Å²) in [6.07, 6.45) is -2.61. The predicted octanol–water partition coefficient (Wildman–Crippen LogP) is 4.21. The molecular formula is C20H14F5N9OS. The molecule has 0 saturated carbocycles.